The molecule has 0 spiro atoms. The molecule has 1 unspecified atom stereocenters. The molecular weight excluding hydrogens is 414 g/mol. The van der Waals surface area contributed by atoms with Gasteiger partial charge in [0.05, 0.1) is 0 Å². The second kappa shape index (κ2) is 8.31. The third-order valence-corrected chi connectivity index (χ3v) is 7.20. The number of pyridine rings is 1. The Morgan fingerprint density at radius 1 is 1.17 bits per heavy atom. The Kier molecular flexibility index (Phi) is 5.39. The fourth-order valence-corrected chi connectivity index (χ4v) is 5.47. The zero-order chi connectivity index (χ0) is 20.5. The topological polar surface area (TPSA) is 78.3 Å². The van der Waals surface area contributed by atoms with Gasteiger partial charge in [-0.3, -0.25) is 4.99 Å². The van der Waals surface area contributed by atoms with Crippen LogP contribution in [0.1, 0.15) is 31.7 Å². The average Bonchev–Trinajstić information content (AvgIpc) is 3.49. The molecule has 5 heterocycles. The number of nitrogens with one attached hydrogen (secondary N) is 2. The highest BCUT2D eigenvalue weighted by Crippen LogP contribution is 2.33. The van der Waals surface area contributed by atoms with Crippen LogP contribution < -0.4 is 15.5 Å². The van der Waals surface area contributed by atoms with Gasteiger partial charge in [0, 0.05) is 48.2 Å². The van der Waals surface area contributed by atoms with E-state index in [2.05, 4.69) is 50.8 Å². The normalized spacial score (nSPS) is 18.9. The molecule has 156 valence electrons. The number of rotatable bonds is 4. The average molecular weight is 440 g/mol. The molecule has 1 saturated heterocycles. The van der Waals surface area contributed by atoms with E-state index in [4.69, 9.17) is 9.97 Å². The minimum absolute atomic E-state index is 0.566. The summed E-state index contributed by atoms with van der Waals surface area (Å²) in [6.07, 6.45) is 5.53. The summed E-state index contributed by atoms with van der Waals surface area (Å²) in [6.45, 7) is 7.31. The van der Waals surface area contributed by atoms with E-state index in [1.165, 1.54) is 18.4 Å². The molecule has 0 radical (unpaired) electrons. The van der Waals surface area contributed by atoms with E-state index in [9.17, 15) is 0 Å². The second-order valence-corrected chi connectivity index (χ2v) is 9.47. The van der Waals surface area contributed by atoms with Gasteiger partial charge in [-0.25, -0.2) is 15.0 Å². The van der Waals surface area contributed by atoms with Crippen molar-refractivity contribution in [3.63, 3.8) is 0 Å². The van der Waals surface area contributed by atoms with Crippen LogP contribution in [0, 0.1) is 6.92 Å². The van der Waals surface area contributed by atoms with Crippen LogP contribution in [0.5, 0.6) is 0 Å². The minimum Gasteiger partial charge on any atom is -0.356 e. The van der Waals surface area contributed by atoms with Crippen molar-refractivity contribution in [2.75, 3.05) is 29.9 Å². The summed E-state index contributed by atoms with van der Waals surface area (Å²) in [4.78, 5) is 21.1. The number of aliphatic imine (C=N–C) groups is 1. The quantitative estimate of drug-likeness (QED) is 0.628. The van der Waals surface area contributed by atoms with Crippen molar-refractivity contribution in [2.45, 2.75) is 39.2 Å². The number of hydrogen-bond acceptors (Lipinski definition) is 9. The summed E-state index contributed by atoms with van der Waals surface area (Å²) in [5.41, 5.74) is 4.09. The van der Waals surface area contributed by atoms with Crippen LogP contribution >= 0.6 is 22.7 Å². The highest BCUT2D eigenvalue weighted by atomic mass is 32.1. The zero-order valence-electron chi connectivity index (χ0n) is 17.2. The summed E-state index contributed by atoms with van der Waals surface area (Å²) in [5.74, 6) is 1.88. The SMILES string of the molecule is Cc1cc(N2CCCC2C)ncc1-c1nc(-c2csc(NC3=NCCCN3)n2)cs1. The summed E-state index contributed by atoms with van der Waals surface area (Å²) in [7, 11) is 0. The van der Waals surface area contributed by atoms with Crippen LogP contribution in [0.2, 0.25) is 0 Å². The summed E-state index contributed by atoms with van der Waals surface area (Å²) < 4.78 is 0. The highest BCUT2D eigenvalue weighted by Gasteiger charge is 2.22. The maximum Gasteiger partial charge on any atom is 0.197 e. The largest absolute Gasteiger partial charge is 0.356 e. The lowest BCUT2D eigenvalue weighted by molar-refractivity contribution is 0.727. The van der Waals surface area contributed by atoms with Crippen molar-refractivity contribution >= 4 is 39.6 Å². The number of hydrogen-bond donors (Lipinski definition) is 2. The van der Waals surface area contributed by atoms with Gasteiger partial charge in [0.2, 0.25) is 0 Å². The third-order valence-electron chi connectivity index (χ3n) is 5.57. The second-order valence-electron chi connectivity index (χ2n) is 7.75. The first-order chi connectivity index (χ1) is 14.7. The molecule has 2 aliphatic rings. The third kappa shape index (κ3) is 3.91. The number of thiazole rings is 2. The van der Waals surface area contributed by atoms with Crippen LogP contribution in [0.25, 0.3) is 22.0 Å². The molecule has 0 saturated carbocycles. The Labute approximate surface area is 184 Å². The zero-order valence-corrected chi connectivity index (χ0v) is 18.8. The van der Waals surface area contributed by atoms with Crippen molar-refractivity contribution in [2.24, 2.45) is 4.99 Å². The predicted molar refractivity (Wildman–Crippen MR) is 126 cm³/mol. The van der Waals surface area contributed by atoms with Gasteiger partial charge in [0.25, 0.3) is 0 Å². The van der Waals surface area contributed by atoms with Gasteiger partial charge in [-0.05, 0) is 44.7 Å². The first-order valence-corrected chi connectivity index (χ1v) is 12.1. The van der Waals surface area contributed by atoms with Crippen molar-refractivity contribution in [1.29, 1.82) is 0 Å². The van der Waals surface area contributed by atoms with Crippen LogP contribution in [-0.2, 0) is 0 Å². The van der Waals surface area contributed by atoms with Crippen molar-refractivity contribution in [3.05, 3.63) is 28.6 Å². The molecule has 0 aromatic carbocycles. The Balaban J connectivity index is 1.34. The maximum atomic E-state index is 4.85. The molecule has 7 nitrogen and oxygen atoms in total. The lowest BCUT2D eigenvalue weighted by atomic mass is 10.1. The fraction of sp³-hybridized carbons (Fsp3) is 0.429. The molecule has 3 aromatic heterocycles. The van der Waals surface area contributed by atoms with Crippen molar-refractivity contribution < 1.29 is 0 Å². The molecule has 1 atom stereocenters. The monoisotopic (exact) mass is 439 g/mol. The lowest BCUT2D eigenvalue weighted by Crippen LogP contribution is -2.35. The van der Waals surface area contributed by atoms with E-state index in [-0.39, 0.29) is 0 Å². The standard InChI is InChI=1S/C21H25N7S2/c1-13-9-18(28-8-3-5-14(28)2)24-10-15(13)19-25-16(11-29-19)17-12-30-21(26-17)27-20-22-6-4-7-23-20/h9-12,14H,3-8H2,1-2H3,(H2,22,23,26,27). The number of guanidine groups is 1. The Hall–Kier alpha value is -2.52. The van der Waals surface area contributed by atoms with Gasteiger partial charge in [0.1, 0.15) is 22.2 Å². The summed E-state index contributed by atoms with van der Waals surface area (Å²) in [6, 6.07) is 2.76. The van der Waals surface area contributed by atoms with Gasteiger partial charge < -0.3 is 15.5 Å². The first-order valence-electron chi connectivity index (χ1n) is 10.4. The molecule has 9 heteroatoms. The van der Waals surface area contributed by atoms with Gasteiger partial charge in [-0.1, -0.05) is 0 Å². The minimum atomic E-state index is 0.566. The summed E-state index contributed by atoms with van der Waals surface area (Å²) in [5, 5.41) is 12.4. The maximum absolute atomic E-state index is 4.85. The summed E-state index contributed by atoms with van der Waals surface area (Å²) >= 11 is 3.20. The molecule has 2 N–H and O–H groups in total. The molecule has 3 aromatic rings. The van der Waals surface area contributed by atoms with Crippen molar-refractivity contribution in [3.8, 4) is 22.0 Å². The lowest BCUT2D eigenvalue weighted by Gasteiger charge is -2.23. The molecule has 5 rings (SSSR count). The number of aryl methyl sites for hydroxylation is 1. The van der Waals surface area contributed by atoms with E-state index in [1.807, 2.05) is 11.6 Å². The molecule has 0 amide bonds. The Bertz CT molecular complexity index is 1070. The van der Waals surface area contributed by atoms with Crippen molar-refractivity contribution in [1.82, 2.24) is 20.3 Å². The first kappa shape index (κ1) is 19.4. The Morgan fingerprint density at radius 2 is 2.03 bits per heavy atom. The molecular formula is C21H25N7S2. The van der Waals surface area contributed by atoms with E-state index in [0.29, 0.717) is 6.04 Å². The molecule has 2 aliphatic heterocycles. The van der Waals surface area contributed by atoms with Crippen LogP contribution in [0.15, 0.2) is 28.0 Å². The predicted octanol–water partition coefficient (Wildman–Crippen LogP) is 4.39. The van der Waals surface area contributed by atoms with Gasteiger partial charge in [-0.2, -0.15) is 0 Å². The molecule has 30 heavy (non-hydrogen) atoms. The smallest absolute Gasteiger partial charge is 0.197 e. The van der Waals surface area contributed by atoms with Gasteiger partial charge in [0.15, 0.2) is 11.1 Å². The van der Waals surface area contributed by atoms with E-state index >= 15 is 0 Å². The number of anilines is 2. The molecule has 1 fully saturated rings. The van der Waals surface area contributed by atoms with Gasteiger partial charge >= 0.3 is 0 Å². The van der Waals surface area contributed by atoms with E-state index < -0.39 is 0 Å². The highest BCUT2D eigenvalue weighted by molar-refractivity contribution is 7.14. The van der Waals surface area contributed by atoms with Crippen LogP contribution in [0.4, 0.5) is 10.9 Å². The number of aromatic nitrogens is 3. The van der Waals surface area contributed by atoms with Crippen LogP contribution in [0.3, 0.4) is 0 Å². The fourth-order valence-electron chi connectivity index (χ4n) is 3.88. The van der Waals surface area contributed by atoms with Gasteiger partial charge in [-0.15, -0.1) is 22.7 Å². The van der Waals surface area contributed by atoms with E-state index in [0.717, 1.165) is 64.9 Å². The van der Waals surface area contributed by atoms with E-state index in [1.54, 1.807) is 22.7 Å². The Morgan fingerprint density at radius 3 is 2.80 bits per heavy atom. The van der Waals surface area contributed by atoms with Crippen LogP contribution in [-0.4, -0.2) is 46.6 Å². The number of nitrogens with zero attached hydrogens (tertiary/aromatic N) is 5. The molecule has 0 bridgehead atoms. The molecule has 0 aliphatic carbocycles.